The molecule has 0 aliphatic rings. The molecule has 102 valence electrons. The molecule has 0 spiro atoms. The van der Waals surface area contributed by atoms with Gasteiger partial charge < -0.3 is 15.0 Å². The standard InChI is InChI=1S/C14H23BrN2O/c1-11(2)16-10-12-9-13(15)5-6-14(12)18-8-7-17(3)4/h5-6,9,11,16H,7-8,10H2,1-4H3. The Hall–Kier alpha value is -0.580. The lowest BCUT2D eigenvalue weighted by Gasteiger charge is -2.15. The van der Waals surface area contributed by atoms with Gasteiger partial charge in [0, 0.05) is 29.2 Å². The summed E-state index contributed by atoms with van der Waals surface area (Å²) in [6, 6.07) is 6.63. The number of nitrogens with one attached hydrogen (secondary N) is 1. The molecule has 0 saturated carbocycles. The third-order valence-electron chi connectivity index (χ3n) is 2.52. The first kappa shape index (κ1) is 15.5. The van der Waals surface area contributed by atoms with E-state index in [1.807, 2.05) is 26.2 Å². The largest absolute Gasteiger partial charge is 0.492 e. The van der Waals surface area contributed by atoms with Crippen molar-refractivity contribution in [2.45, 2.75) is 26.4 Å². The molecule has 0 amide bonds. The number of benzene rings is 1. The molecule has 18 heavy (non-hydrogen) atoms. The van der Waals surface area contributed by atoms with E-state index in [0.29, 0.717) is 12.6 Å². The first-order valence-electron chi connectivity index (χ1n) is 6.28. The van der Waals surface area contributed by atoms with Crippen molar-refractivity contribution in [2.75, 3.05) is 27.2 Å². The predicted octanol–water partition coefficient (Wildman–Crippen LogP) is 2.89. The fourth-order valence-corrected chi connectivity index (χ4v) is 1.89. The van der Waals surface area contributed by atoms with E-state index in [1.54, 1.807) is 0 Å². The van der Waals surface area contributed by atoms with E-state index in [1.165, 1.54) is 5.56 Å². The van der Waals surface area contributed by atoms with Gasteiger partial charge in [-0.3, -0.25) is 0 Å². The lowest BCUT2D eigenvalue weighted by Crippen LogP contribution is -2.23. The maximum atomic E-state index is 5.83. The highest BCUT2D eigenvalue weighted by Gasteiger charge is 2.05. The average Bonchev–Trinajstić information content (AvgIpc) is 2.28. The quantitative estimate of drug-likeness (QED) is 0.837. The summed E-state index contributed by atoms with van der Waals surface area (Å²) in [5, 5.41) is 3.42. The van der Waals surface area contributed by atoms with E-state index >= 15 is 0 Å². The molecule has 0 aliphatic heterocycles. The van der Waals surface area contributed by atoms with Crippen molar-refractivity contribution in [2.24, 2.45) is 0 Å². The van der Waals surface area contributed by atoms with Gasteiger partial charge in [0.2, 0.25) is 0 Å². The minimum atomic E-state index is 0.471. The average molecular weight is 315 g/mol. The minimum Gasteiger partial charge on any atom is -0.492 e. The molecular formula is C14H23BrN2O. The van der Waals surface area contributed by atoms with Crippen LogP contribution in [-0.4, -0.2) is 38.2 Å². The summed E-state index contributed by atoms with van der Waals surface area (Å²) < 4.78 is 6.92. The number of hydrogen-bond donors (Lipinski definition) is 1. The Labute approximate surface area is 119 Å². The minimum absolute atomic E-state index is 0.471. The lowest BCUT2D eigenvalue weighted by molar-refractivity contribution is 0.259. The van der Waals surface area contributed by atoms with Crippen molar-refractivity contribution >= 4 is 15.9 Å². The maximum absolute atomic E-state index is 5.83. The van der Waals surface area contributed by atoms with Gasteiger partial charge in [0.1, 0.15) is 12.4 Å². The summed E-state index contributed by atoms with van der Waals surface area (Å²) in [5.41, 5.74) is 1.19. The molecule has 1 aromatic rings. The molecule has 0 bridgehead atoms. The van der Waals surface area contributed by atoms with Crippen molar-refractivity contribution in [3.63, 3.8) is 0 Å². The highest BCUT2D eigenvalue weighted by atomic mass is 79.9. The molecule has 1 aromatic carbocycles. The molecule has 0 radical (unpaired) electrons. The predicted molar refractivity (Wildman–Crippen MR) is 80.2 cm³/mol. The van der Waals surface area contributed by atoms with Gasteiger partial charge in [-0.25, -0.2) is 0 Å². The molecule has 0 heterocycles. The fourth-order valence-electron chi connectivity index (χ4n) is 1.48. The first-order chi connectivity index (χ1) is 8.49. The summed E-state index contributed by atoms with van der Waals surface area (Å²) in [6.45, 7) is 6.75. The maximum Gasteiger partial charge on any atom is 0.123 e. The Bertz CT molecular complexity index is 367. The van der Waals surface area contributed by atoms with Crippen molar-refractivity contribution < 1.29 is 4.74 Å². The van der Waals surface area contributed by atoms with Crippen molar-refractivity contribution in [1.82, 2.24) is 10.2 Å². The summed E-state index contributed by atoms with van der Waals surface area (Å²) in [7, 11) is 4.10. The van der Waals surface area contributed by atoms with Crippen molar-refractivity contribution in [3.05, 3.63) is 28.2 Å². The second kappa shape index (κ2) is 7.77. The SMILES string of the molecule is CC(C)NCc1cc(Br)ccc1OCCN(C)C. The molecule has 0 aromatic heterocycles. The van der Waals surface area contributed by atoms with Crippen molar-refractivity contribution in [1.29, 1.82) is 0 Å². The molecule has 0 atom stereocenters. The number of nitrogens with zero attached hydrogens (tertiary/aromatic N) is 1. The van der Waals surface area contributed by atoms with Crippen LogP contribution in [0.2, 0.25) is 0 Å². The highest BCUT2D eigenvalue weighted by Crippen LogP contribution is 2.23. The van der Waals surface area contributed by atoms with Crippen LogP contribution in [0.5, 0.6) is 5.75 Å². The molecule has 1 rings (SSSR count). The number of ether oxygens (including phenoxy) is 1. The van der Waals surface area contributed by atoms with Crippen LogP contribution >= 0.6 is 15.9 Å². The van der Waals surface area contributed by atoms with Crippen molar-refractivity contribution in [3.8, 4) is 5.75 Å². The molecule has 0 unspecified atom stereocenters. The van der Waals surface area contributed by atoms with E-state index in [0.717, 1.165) is 23.3 Å². The molecular weight excluding hydrogens is 292 g/mol. The molecule has 3 nitrogen and oxygen atoms in total. The van der Waals surface area contributed by atoms with Gasteiger partial charge >= 0.3 is 0 Å². The number of likely N-dealkylation sites (N-methyl/N-ethyl adjacent to an activating group) is 1. The summed E-state index contributed by atoms with van der Waals surface area (Å²) in [6.07, 6.45) is 0. The normalized spacial score (nSPS) is 11.3. The molecule has 0 aliphatic carbocycles. The number of rotatable bonds is 7. The third kappa shape index (κ3) is 5.85. The first-order valence-corrected chi connectivity index (χ1v) is 7.07. The van der Waals surface area contributed by atoms with E-state index < -0.39 is 0 Å². The van der Waals surface area contributed by atoms with Crippen LogP contribution in [0.3, 0.4) is 0 Å². The monoisotopic (exact) mass is 314 g/mol. The van der Waals surface area contributed by atoms with Gasteiger partial charge in [-0.15, -0.1) is 0 Å². The topological polar surface area (TPSA) is 24.5 Å². The smallest absolute Gasteiger partial charge is 0.123 e. The van der Waals surface area contributed by atoms with Gasteiger partial charge in [0.25, 0.3) is 0 Å². The second-order valence-corrected chi connectivity index (χ2v) is 5.86. The Morgan fingerprint density at radius 3 is 2.67 bits per heavy atom. The zero-order valence-electron chi connectivity index (χ0n) is 11.7. The van der Waals surface area contributed by atoms with Crippen LogP contribution in [0.25, 0.3) is 0 Å². The number of hydrogen-bond acceptors (Lipinski definition) is 3. The lowest BCUT2D eigenvalue weighted by atomic mass is 10.2. The van der Waals surface area contributed by atoms with E-state index in [-0.39, 0.29) is 0 Å². The Morgan fingerprint density at radius 1 is 1.33 bits per heavy atom. The van der Waals surface area contributed by atoms with E-state index in [9.17, 15) is 0 Å². The van der Waals surface area contributed by atoms with Crippen LogP contribution in [0.1, 0.15) is 19.4 Å². The van der Waals surface area contributed by atoms with Crippen LogP contribution in [0, 0.1) is 0 Å². The Balaban J connectivity index is 2.64. The van der Waals surface area contributed by atoms with Gasteiger partial charge in [0.05, 0.1) is 0 Å². The summed E-state index contributed by atoms with van der Waals surface area (Å²) >= 11 is 3.50. The van der Waals surface area contributed by atoms with E-state index in [2.05, 4.69) is 46.1 Å². The Kier molecular flexibility index (Phi) is 6.68. The summed E-state index contributed by atoms with van der Waals surface area (Å²) in [4.78, 5) is 2.12. The zero-order valence-corrected chi connectivity index (χ0v) is 13.3. The molecule has 0 saturated heterocycles. The Morgan fingerprint density at radius 2 is 2.06 bits per heavy atom. The molecule has 4 heteroatoms. The summed E-state index contributed by atoms with van der Waals surface area (Å²) in [5.74, 6) is 0.966. The van der Waals surface area contributed by atoms with Gasteiger partial charge in [-0.1, -0.05) is 29.8 Å². The van der Waals surface area contributed by atoms with Crippen LogP contribution in [0.4, 0.5) is 0 Å². The highest BCUT2D eigenvalue weighted by molar-refractivity contribution is 9.10. The van der Waals surface area contributed by atoms with Crippen LogP contribution < -0.4 is 10.1 Å². The van der Waals surface area contributed by atoms with Gasteiger partial charge in [-0.2, -0.15) is 0 Å². The van der Waals surface area contributed by atoms with Crippen LogP contribution in [0.15, 0.2) is 22.7 Å². The molecule has 0 fully saturated rings. The van der Waals surface area contributed by atoms with Gasteiger partial charge in [-0.05, 0) is 32.3 Å². The fraction of sp³-hybridized carbons (Fsp3) is 0.571. The third-order valence-corrected chi connectivity index (χ3v) is 3.01. The number of halogens is 1. The van der Waals surface area contributed by atoms with Gasteiger partial charge in [0.15, 0.2) is 0 Å². The molecule has 1 N–H and O–H groups in total. The van der Waals surface area contributed by atoms with Crippen LogP contribution in [-0.2, 0) is 6.54 Å². The van der Waals surface area contributed by atoms with E-state index in [4.69, 9.17) is 4.74 Å². The zero-order chi connectivity index (χ0) is 13.5. The second-order valence-electron chi connectivity index (χ2n) is 4.94.